The second-order valence-corrected chi connectivity index (χ2v) is 9.20. The first-order valence-electron chi connectivity index (χ1n) is 11.4. The van der Waals surface area contributed by atoms with E-state index in [1.54, 1.807) is 6.20 Å². The maximum Gasteiger partial charge on any atom is 0.252 e. The largest absolute Gasteiger partial charge is 0.393 e. The molecule has 2 saturated carbocycles. The van der Waals surface area contributed by atoms with Crippen LogP contribution in [-0.2, 0) is 6.42 Å². The SMILES string of the molecule is NC(=O)c1cnc(N[C@H]2CC[C@H](N3CCCC3)CC2)nc1CC1CCCC(O)C1. The molecule has 1 saturated heterocycles. The number of nitrogens with two attached hydrogens (primary N) is 1. The zero-order valence-electron chi connectivity index (χ0n) is 17.4. The van der Waals surface area contributed by atoms with Crippen molar-refractivity contribution >= 4 is 11.9 Å². The van der Waals surface area contributed by atoms with E-state index in [0.29, 0.717) is 29.9 Å². The van der Waals surface area contributed by atoms with Crippen LogP contribution in [0.15, 0.2) is 6.20 Å². The van der Waals surface area contributed by atoms with Gasteiger partial charge >= 0.3 is 0 Å². The first-order valence-corrected chi connectivity index (χ1v) is 11.4. The molecule has 7 nitrogen and oxygen atoms in total. The number of rotatable bonds is 6. The third-order valence-corrected chi connectivity index (χ3v) is 7.06. The summed E-state index contributed by atoms with van der Waals surface area (Å²) in [6.07, 6.45) is 13.1. The van der Waals surface area contributed by atoms with Gasteiger partial charge in [-0.15, -0.1) is 0 Å². The summed E-state index contributed by atoms with van der Waals surface area (Å²) in [5.74, 6) is 0.468. The van der Waals surface area contributed by atoms with Crippen molar-refractivity contribution in [2.75, 3.05) is 18.4 Å². The molecule has 4 N–H and O–H groups in total. The molecule has 160 valence electrons. The number of likely N-dealkylation sites (tertiary alicyclic amines) is 1. The maximum atomic E-state index is 11.9. The Hall–Kier alpha value is -1.73. The number of carbonyl (C=O) groups is 1. The van der Waals surface area contributed by atoms with E-state index in [0.717, 1.165) is 50.3 Å². The van der Waals surface area contributed by atoms with Gasteiger partial charge in [-0.3, -0.25) is 4.79 Å². The van der Waals surface area contributed by atoms with Crippen LogP contribution in [-0.4, -0.2) is 57.2 Å². The Bertz CT molecular complexity index is 698. The standard InChI is InChI=1S/C22H35N5O2/c23-21(29)19-14-24-22(26-20(19)13-15-4-3-5-18(28)12-15)25-16-6-8-17(9-7-16)27-10-1-2-11-27/h14-18,28H,1-13H2,(H2,23,29)(H,24,25,26)/t15?,16-,17-,18?. The number of aliphatic hydroxyl groups excluding tert-OH is 1. The molecular weight excluding hydrogens is 366 g/mol. The fourth-order valence-electron chi connectivity index (χ4n) is 5.44. The highest BCUT2D eigenvalue weighted by molar-refractivity contribution is 5.93. The van der Waals surface area contributed by atoms with Crippen LogP contribution in [0.2, 0.25) is 0 Å². The van der Waals surface area contributed by atoms with Crippen molar-refractivity contribution in [2.24, 2.45) is 11.7 Å². The van der Waals surface area contributed by atoms with Gasteiger partial charge in [0.25, 0.3) is 5.91 Å². The van der Waals surface area contributed by atoms with Gasteiger partial charge in [0.15, 0.2) is 0 Å². The van der Waals surface area contributed by atoms with E-state index >= 15 is 0 Å². The molecule has 7 heteroatoms. The number of amides is 1. The number of carbonyl (C=O) groups excluding carboxylic acids is 1. The van der Waals surface area contributed by atoms with Gasteiger partial charge in [-0.05, 0) is 83.2 Å². The number of primary amides is 1. The normalized spacial score (nSPS) is 30.9. The van der Waals surface area contributed by atoms with Crippen molar-refractivity contribution in [3.8, 4) is 0 Å². The third kappa shape index (κ3) is 5.25. The van der Waals surface area contributed by atoms with Crippen LogP contribution in [0.4, 0.5) is 5.95 Å². The number of hydrogen-bond acceptors (Lipinski definition) is 6. The van der Waals surface area contributed by atoms with Crippen LogP contribution in [0, 0.1) is 5.92 Å². The van der Waals surface area contributed by atoms with Crippen LogP contribution in [0.5, 0.6) is 0 Å². The number of anilines is 1. The van der Waals surface area contributed by atoms with E-state index in [2.05, 4.69) is 20.2 Å². The molecule has 1 aromatic rings. The Morgan fingerprint density at radius 2 is 1.90 bits per heavy atom. The van der Waals surface area contributed by atoms with Gasteiger partial charge in [-0.1, -0.05) is 6.42 Å². The minimum absolute atomic E-state index is 0.240. The lowest BCUT2D eigenvalue weighted by Gasteiger charge is -2.34. The zero-order valence-corrected chi connectivity index (χ0v) is 17.4. The average Bonchev–Trinajstić information content (AvgIpc) is 3.23. The van der Waals surface area contributed by atoms with Gasteiger partial charge in [-0.25, -0.2) is 9.97 Å². The molecule has 2 aliphatic carbocycles. The number of nitrogens with zero attached hydrogens (tertiary/aromatic N) is 3. The highest BCUT2D eigenvalue weighted by Crippen LogP contribution is 2.29. The number of nitrogens with one attached hydrogen (secondary N) is 1. The predicted octanol–water partition coefficient (Wildman–Crippen LogP) is 2.49. The van der Waals surface area contributed by atoms with E-state index < -0.39 is 5.91 Å². The minimum Gasteiger partial charge on any atom is -0.393 e. The summed E-state index contributed by atoms with van der Waals surface area (Å²) < 4.78 is 0. The number of hydrogen-bond donors (Lipinski definition) is 3. The van der Waals surface area contributed by atoms with Gasteiger partial charge in [0, 0.05) is 18.3 Å². The van der Waals surface area contributed by atoms with Gasteiger partial charge in [0.2, 0.25) is 5.95 Å². The highest BCUT2D eigenvalue weighted by atomic mass is 16.3. The van der Waals surface area contributed by atoms with Gasteiger partial charge in [0.1, 0.15) is 0 Å². The van der Waals surface area contributed by atoms with Crippen molar-refractivity contribution in [1.29, 1.82) is 0 Å². The fraction of sp³-hybridized carbons (Fsp3) is 0.773. The number of aromatic nitrogens is 2. The molecule has 29 heavy (non-hydrogen) atoms. The van der Waals surface area contributed by atoms with Crippen molar-refractivity contribution in [3.63, 3.8) is 0 Å². The van der Waals surface area contributed by atoms with Gasteiger partial charge in [-0.2, -0.15) is 0 Å². The van der Waals surface area contributed by atoms with E-state index in [1.807, 2.05) is 0 Å². The predicted molar refractivity (Wildman–Crippen MR) is 113 cm³/mol. The summed E-state index contributed by atoms with van der Waals surface area (Å²) in [5.41, 5.74) is 6.70. The fourth-order valence-corrected chi connectivity index (χ4v) is 5.44. The molecule has 3 aliphatic rings. The molecule has 1 aromatic heterocycles. The molecule has 0 bridgehead atoms. The lowest BCUT2D eigenvalue weighted by atomic mass is 9.84. The minimum atomic E-state index is -0.478. The van der Waals surface area contributed by atoms with Crippen LogP contribution >= 0.6 is 0 Å². The van der Waals surface area contributed by atoms with Gasteiger partial charge < -0.3 is 21.1 Å². The summed E-state index contributed by atoms with van der Waals surface area (Å²) in [4.78, 5) is 23.6. The molecule has 0 radical (unpaired) electrons. The second-order valence-electron chi connectivity index (χ2n) is 9.20. The summed E-state index contributed by atoms with van der Waals surface area (Å²) in [6, 6.07) is 1.12. The molecule has 1 aliphatic heterocycles. The molecule has 0 aromatic carbocycles. The van der Waals surface area contributed by atoms with E-state index in [9.17, 15) is 9.90 Å². The van der Waals surface area contributed by atoms with Crippen molar-refractivity contribution < 1.29 is 9.90 Å². The first kappa shape index (κ1) is 20.5. The molecule has 3 fully saturated rings. The van der Waals surface area contributed by atoms with Crippen molar-refractivity contribution in [3.05, 3.63) is 17.5 Å². The van der Waals surface area contributed by atoms with Crippen molar-refractivity contribution in [2.45, 2.75) is 88.8 Å². The summed E-state index contributed by atoms with van der Waals surface area (Å²) in [6.45, 7) is 2.53. The number of aliphatic hydroxyl groups is 1. The van der Waals surface area contributed by atoms with E-state index in [-0.39, 0.29) is 6.10 Å². The highest BCUT2D eigenvalue weighted by Gasteiger charge is 2.28. The van der Waals surface area contributed by atoms with Crippen LogP contribution in [0.25, 0.3) is 0 Å². The quantitative estimate of drug-likeness (QED) is 0.676. The molecule has 0 spiro atoms. The third-order valence-electron chi connectivity index (χ3n) is 7.06. The summed E-state index contributed by atoms with van der Waals surface area (Å²) in [5, 5.41) is 13.5. The Morgan fingerprint density at radius 1 is 1.14 bits per heavy atom. The zero-order chi connectivity index (χ0) is 20.2. The Morgan fingerprint density at radius 3 is 2.59 bits per heavy atom. The van der Waals surface area contributed by atoms with Gasteiger partial charge in [0.05, 0.1) is 17.4 Å². The van der Waals surface area contributed by atoms with Crippen molar-refractivity contribution in [1.82, 2.24) is 14.9 Å². The smallest absolute Gasteiger partial charge is 0.252 e. The summed E-state index contributed by atoms with van der Waals surface area (Å²) in [7, 11) is 0. The van der Waals surface area contributed by atoms with E-state index in [1.165, 1.54) is 38.8 Å². The lowest BCUT2D eigenvalue weighted by molar-refractivity contribution is 0.0987. The Labute approximate surface area is 173 Å². The molecule has 1 amide bonds. The van der Waals surface area contributed by atoms with Crippen LogP contribution < -0.4 is 11.1 Å². The summed E-state index contributed by atoms with van der Waals surface area (Å²) >= 11 is 0. The maximum absolute atomic E-state index is 11.9. The molecular formula is C22H35N5O2. The van der Waals surface area contributed by atoms with Crippen LogP contribution in [0.1, 0.15) is 80.3 Å². The molecule has 4 rings (SSSR count). The molecule has 2 unspecified atom stereocenters. The molecule has 2 heterocycles. The van der Waals surface area contributed by atoms with E-state index in [4.69, 9.17) is 5.73 Å². The lowest BCUT2D eigenvalue weighted by Crippen LogP contribution is -2.39. The Kier molecular flexibility index (Phi) is 6.65. The molecule has 2 atom stereocenters. The topological polar surface area (TPSA) is 104 Å². The monoisotopic (exact) mass is 401 g/mol. The second kappa shape index (κ2) is 9.39. The average molecular weight is 402 g/mol. The first-order chi connectivity index (χ1) is 14.1. The Balaban J connectivity index is 1.38. The van der Waals surface area contributed by atoms with Crippen LogP contribution in [0.3, 0.4) is 0 Å².